The molecule has 5 heteroatoms. The van der Waals surface area contributed by atoms with Crippen molar-refractivity contribution in [2.24, 2.45) is 17.3 Å². The topological polar surface area (TPSA) is 57.6 Å². The van der Waals surface area contributed by atoms with E-state index in [4.69, 9.17) is 5.11 Å². The van der Waals surface area contributed by atoms with E-state index in [1.807, 2.05) is 38.3 Å². The van der Waals surface area contributed by atoms with Crippen LogP contribution in [-0.2, 0) is 9.59 Å². The fourth-order valence-corrected chi connectivity index (χ4v) is 3.52. The van der Waals surface area contributed by atoms with E-state index in [2.05, 4.69) is 0 Å². The maximum atomic E-state index is 12.4. The average Bonchev–Trinajstić information content (AvgIpc) is 2.74. The molecule has 1 amide bonds. The Morgan fingerprint density at radius 1 is 1.42 bits per heavy atom. The highest BCUT2D eigenvalue weighted by atomic mass is 32.1. The Morgan fingerprint density at radius 3 is 2.47 bits per heavy atom. The van der Waals surface area contributed by atoms with E-state index >= 15 is 0 Å². The number of thiophene rings is 1. The molecule has 1 aromatic rings. The quantitative estimate of drug-likeness (QED) is 0.923. The van der Waals surface area contributed by atoms with Crippen LogP contribution in [0.15, 0.2) is 17.5 Å². The fourth-order valence-electron chi connectivity index (χ4n) is 2.69. The second kappa shape index (κ2) is 4.63. The van der Waals surface area contributed by atoms with Crippen LogP contribution in [0.2, 0.25) is 0 Å². The van der Waals surface area contributed by atoms with Crippen molar-refractivity contribution in [3.8, 4) is 0 Å². The van der Waals surface area contributed by atoms with Gasteiger partial charge in [0.2, 0.25) is 5.91 Å². The third kappa shape index (κ3) is 2.27. The molecule has 1 aliphatic rings. The minimum Gasteiger partial charge on any atom is -0.481 e. The average molecular weight is 281 g/mol. The molecular formula is C14H19NO3S. The SMILES string of the molecule is CC(c1cccs1)N(C)C(=O)C1C(C(=O)O)C1(C)C. The highest BCUT2D eigenvalue weighted by molar-refractivity contribution is 7.10. The molecule has 0 spiro atoms. The molecule has 1 heterocycles. The molecule has 0 aromatic carbocycles. The minimum atomic E-state index is -0.875. The van der Waals surface area contributed by atoms with Crippen LogP contribution in [0.5, 0.6) is 0 Å². The Bertz CT molecular complexity index is 495. The largest absolute Gasteiger partial charge is 0.481 e. The zero-order chi connectivity index (χ0) is 14.4. The van der Waals surface area contributed by atoms with Crippen LogP contribution < -0.4 is 0 Å². The number of amides is 1. The highest BCUT2D eigenvalue weighted by Crippen LogP contribution is 2.59. The summed E-state index contributed by atoms with van der Waals surface area (Å²) in [4.78, 5) is 26.4. The highest BCUT2D eigenvalue weighted by Gasteiger charge is 2.66. The van der Waals surface area contributed by atoms with Gasteiger partial charge >= 0.3 is 5.97 Å². The minimum absolute atomic E-state index is 0.0154. The third-order valence-corrected chi connectivity index (χ3v) is 5.29. The molecule has 0 aliphatic heterocycles. The zero-order valence-electron chi connectivity index (χ0n) is 11.6. The summed E-state index contributed by atoms with van der Waals surface area (Å²) in [6.45, 7) is 5.66. The van der Waals surface area contributed by atoms with Gasteiger partial charge in [-0.2, -0.15) is 0 Å². The normalized spacial score (nSPS) is 25.7. The van der Waals surface area contributed by atoms with E-state index in [9.17, 15) is 9.59 Å². The summed E-state index contributed by atoms with van der Waals surface area (Å²) in [6, 6.07) is 3.93. The van der Waals surface area contributed by atoms with Crippen molar-refractivity contribution in [1.82, 2.24) is 4.90 Å². The molecule has 4 nitrogen and oxygen atoms in total. The lowest BCUT2D eigenvalue weighted by molar-refractivity contribution is -0.142. The number of carbonyl (C=O) groups excluding carboxylic acids is 1. The summed E-state index contributed by atoms with van der Waals surface area (Å²) in [5, 5.41) is 11.1. The summed E-state index contributed by atoms with van der Waals surface area (Å²) in [7, 11) is 1.75. The van der Waals surface area contributed by atoms with E-state index in [0.29, 0.717) is 0 Å². The van der Waals surface area contributed by atoms with Crippen LogP contribution in [-0.4, -0.2) is 28.9 Å². The van der Waals surface area contributed by atoms with Crippen molar-refractivity contribution in [3.63, 3.8) is 0 Å². The molecule has 3 atom stereocenters. The summed E-state index contributed by atoms with van der Waals surface area (Å²) in [5.41, 5.74) is -0.438. The van der Waals surface area contributed by atoms with Crippen LogP contribution in [0, 0.1) is 17.3 Å². The van der Waals surface area contributed by atoms with Crippen molar-refractivity contribution < 1.29 is 14.7 Å². The van der Waals surface area contributed by atoms with Crippen molar-refractivity contribution in [2.45, 2.75) is 26.8 Å². The Labute approximate surface area is 117 Å². The predicted molar refractivity (Wildman–Crippen MR) is 73.9 cm³/mol. The second-order valence-corrected chi connectivity index (χ2v) is 6.73. The standard InChI is InChI=1S/C14H19NO3S/c1-8(9-6-5-7-19-9)15(4)12(16)10-11(13(17)18)14(10,2)3/h5-8,10-11H,1-4H3,(H,17,18). The van der Waals surface area contributed by atoms with E-state index in [-0.39, 0.29) is 11.9 Å². The van der Waals surface area contributed by atoms with E-state index in [1.165, 1.54) is 0 Å². The van der Waals surface area contributed by atoms with Crippen LogP contribution in [0.3, 0.4) is 0 Å². The van der Waals surface area contributed by atoms with Gasteiger partial charge in [0.15, 0.2) is 0 Å². The number of carboxylic acid groups (broad SMARTS) is 1. The maximum absolute atomic E-state index is 12.4. The Balaban J connectivity index is 2.11. The Morgan fingerprint density at radius 2 is 2.05 bits per heavy atom. The van der Waals surface area contributed by atoms with Crippen molar-refractivity contribution in [2.75, 3.05) is 7.05 Å². The molecule has 0 saturated heterocycles. The molecule has 1 aromatic heterocycles. The smallest absolute Gasteiger partial charge is 0.307 e. The first-order valence-electron chi connectivity index (χ1n) is 6.31. The number of hydrogen-bond donors (Lipinski definition) is 1. The molecule has 1 aliphatic carbocycles. The van der Waals surface area contributed by atoms with Gasteiger partial charge in [-0.15, -0.1) is 11.3 Å². The summed E-state index contributed by atoms with van der Waals surface area (Å²) < 4.78 is 0. The van der Waals surface area contributed by atoms with Gasteiger partial charge in [-0.05, 0) is 23.8 Å². The zero-order valence-corrected chi connectivity index (χ0v) is 12.4. The van der Waals surface area contributed by atoms with Crippen molar-refractivity contribution >= 4 is 23.2 Å². The number of carbonyl (C=O) groups is 2. The van der Waals surface area contributed by atoms with E-state index < -0.39 is 23.2 Å². The lowest BCUT2D eigenvalue weighted by Crippen LogP contribution is -2.32. The van der Waals surface area contributed by atoms with E-state index in [1.54, 1.807) is 23.3 Å². The number of aliphatic carboxylic acids is 1. The van der Waals surface area contributed by atoms with E-state index in [0.717, 1.165) is 4.88 Å². The number of hydrogen-bond acceptors (Lipinski definition) is 3. The molecule has 2 rings (SSSR count). The lowest BCUT2D eigenvalue weighted by Gasteiger charge is -2.24. The lowest BCUT2D eigenvalue weighted by atomic mass is 10.1. The van der Waals surface area contributed by atoms with Crippen molar-refractivity contribution in [3.05, 3.63) is 22.4 Å². The van der Waals surface area contributed by atoms with Gasteiger partial charge in [-0.1, -0.05) is 19.9 Å². The van der Waals surface area contributed by atoms with Gasteiger partial charge < -0.3 is 10.0 Å². The molecule has 1 N–H and O–H groups in total. The summed E-state index contributed by atoms with van der Waals surface area (Å²) in [5.74, 6) is -1.91. The van der Waals surface area contributed by atoms with Gasteiger partial charge in [0, 0.05) is 11.9 Å². The first-order chi connectivity index (χ1) is 8.78. The maximum Gasteiger partial charge on any atom is 0.307 e. The molecule has 1 saturated carbocycles. The second-order valence-electron chi connectivity index (χ2n) is 5.76. The molecule has 0 radical (unpaired) electrons. The summed E-state index contributed by atoms with van der Waals surface area (Å²) >= 11 is 1.61. The number of carboxylic acids is 1. The predicted octanol–water partition coefficient (Wildman–Crippen LogP) is 2.62. The molecule has 0 bridgehead atoms. The Kier molecular flexibility index (Phi) is 3.43. The first-order valence-corrected chi connectivity index (χ1v) is 7.19. The fraction of sp³-hybridized carbons (Fsp3) is 0.571. The van der Waals surface area contributed by atoms with Crippen LogP contribution in [0.4, 0.5) is 0 Å². The first kappa shape index (κ1) is 14.1. The van der Waals surface area contributed by atoms with Gasteiger partial charge in [0.25, 0.3) is 0 Å². The van der Waals surface area contributed by atoms with Crippen LogP contribution in [0.1, 0.15) is 31.7 Å². The summed E-state index contributed by atoms with van der Waals surface area (Å²) in [6.07, 6.45) is 0. The van der Waals surface area contributed by atoms with Gasteiger partial charge in [0.1, 0.15) is 0 Å². The number of nitrogens with zero attached hydrogens (tertiary/aromatic N) is 1. The molecular weight excluding hydrogens is 262 g/mol. The molecule has 1 fully saturated rings. The monoisotopic (exact) mass is 281 g/mol. The third-order valence-electron chi connectivity index (χ3n) is 4.24. The van der Waals surface area contributed by atoms with Gasteiger partial charge in [0.05, 0.1) is 17.9 Å². The van der Waals surface area contributed by atoms with Gasteiger partial charge in [-0.25, -0.2) is 0 Å². The molecule has 3 unspecified atom stereocenters. The molecule has 104 valence electrons. The van der Waals surface area contributed by atoms with Gasteiger partial charge in [-0.3, -0.25) is 9.59 Å². The van der Waals surface area contributed by atoms with Crippen LogP contribution >= 0.6 is 11.3 Å². The number of rotatable bonds is 4. The van der Waals surface area contributed by atoms with Crippen molar-refractivity contribution in [1.29, 1.82) is 0 Å². The molecule has 19 heavy (non-hydrogen) atoms. The Hall–Kier alpha value is -1.36. The van der Waals surface area contributed by atoms with Crippen LogP contribution in [0.25, 0.3) is 0 Å².